The van der Waals surface area contributed by atoms with Crippen molar-refractivity contribution in [2.75, 3.05) is 0 Å². The zero-order valence-electron chi connectivity index (χ0n) is 21.4. The highest BCUT2D eigenvalue weighted by atomic mass is 15.1. The number of hydrogen-bond donors (Lipinski definition) is 0. The molecule has 9 rings (SSSR count). The van der Waals surface area contributed by atoms with Gasteiger partial charge in [-0.3, -0.25) is 14.0 Å². The lowest BCUT2D eigenvalue weighted by Gasteiger charge is -2.12. The average molecular weight is 512 g/mol. The number of para-hydroxylation sites is 4. The molecule has 40 heavy (non-hydrogen) atoms. The quantitative estimate of drug-likeness (QED) is 0.219. The highest BCUT2D eigenvalue weighted by molar-refractivity contribution is 6.30. The van der Waals surface area contributed by atoms with E-state index in [9.17, 15) is 0 Å². The summed E-state index contributed by atoms with van der Waals surface area (Å²) in [5.41, 5.74) is 8.39. The van der Waals surface area contributed by atoms with Gasteiger partial charge < -0.3 is 0 Å². The Kier molecular flexibility index (Phi) is 4.27. The van der Waals surface area contributed by atoms with Crippen molar-refractivity contribution in [3.8, 4) is 17.1 Å². The minimum absolute atomic E-state index is 0.879. The van der Waals surface area contributed by atoms with Crippen LogP contribution >= 0.6 is 0 Å². The number of pyridine rings is 3. The third-order valence-electron chi connectivity index (χ3n) is 7.98. The van der Waals surface area contributed by atoms with E-state index in [0.29, 0.717) is 0 Å². The molecular weight excluding hydrogens is 490 g/mol. The standard InChI is InChI=1S/C35H21N5/c1-5-15-29-23(10-1)33-25(35-38-27-12-3-6-16-30(27)40(29)35)18-19-31-34(33)24-11-2-4-14-28(24)39(31)32-17-7-13-26(37-32)22-9-8-20-36-21-22/h1-21H. The van der Waals surface area contributed by atoms with E-state index in [2.05, 4.69) is 111 Å². The summed E-state index contributed by atoms with van der Waals surface area (Å²) in [7, 11) is 0. The van der Waals surface area contributed by atoms with Gasteiger partial charge >= 0.3 is 0 Å². The van der Waals surface area contributed by atoms with Crippen molar-refractivity contribution >= 4 is 60.2 Å². The van der Waals surface area contributed by atoms with Crippen LogP contribution in [0.2, 0.25) is 0 Å². The van der Waals surface area contributed by atoms with Gasteiger partial charge in [-0.1, -0.05) is 54.6 Å². The molecule has 5 aromatic heterocycles. The van der Waals surface area contributed by atoms with Gasteiger partial charge in [-0.05, 0) is 60.7 Å². The molecule has 0 aliphatic carbocycles. The summed E-state index contributed by atoms with van der Waals surface area (Å²) < 4.78 is 4.59. The van der Waals surface area contributed by atoms with Gasteiger partial charge in [0.05, 0.1) is 33.3 Å². The molecule has 0 N–H and O–H groups in total. The second kappa shape index (κ2) is 7.98. The first-order chi connectivity index (χ1) is 19.9. The van der Waals surface area contributed by atoms with Crippen LogP contribution in [0.4, 0.5) is 0 Å². The zero-order valence-corrected chi connectivity index (χ0v) is 21.4. The molecule has 0 fully saturated rings. The minimum Gasteiger partial charge on any atom is -0.294 e. The summed E-state index contributed by atoms with van der Waals surface area (Å²) in [6.07, 6.45) is 3.65. The van der Waals surface area contributed by atoms with E-state index >= 15 is 0 Å². The lowest BCUT2D eigenvalue weighted by molar-refractivity contribution is 1.08. The lowest BCUT2D eigenvalue weighted by Crippen LogP contribution is -1.98. The first kappa shape index (κ1) is 21.4. The Balaban J connectivity index is 1.47. The molecule has 5 nitrogen and oxygen atoms in total. The maximum Gasteiger partial charge on any atom is 0.146 e. The van der Waals surface area contributed by atoms with E-state index in [1.165, 1.54) is 21.5 Å². The Morgan fingerprint density at radius 3 is 2.12 bits per heavy atom. The van der Waals surface area contributed by atoms with Gasteiger partial charge in [-0.25, -0.2) is 9.97 Å². The molecule has 0 spiro atoms. The van der Waals surface area contributed by atoms with E-state index in [4.69, 9.17) is 9.97 Å². The SMILES string of the molecule is c1cncc(-c2cccc(-n3c4ccccc4c4c5c6ccccc6n6c7ccccc7nc6c5ccc43)n2)c1. The van der Waals surface area contributed by atoms with E-state index in [-0.39, 0.29) is 0 Å². The van der Waals surface area contributed by atoms with Crippen LogP contribution in [0.15, 0.2) is 128 Å². The number of imidazole rings is 1. The van der Waals surface area contributed by atoms with Crippen molar-refractivity contribution in [2.45, 2.75) is 0 Å². The fourth-order valence-electron chi connectivity index (χ4n) is 6.33. The molecule has 0 unspecified atom stereocenters. The highest BCUT2D eigenvalue weighted by Gasteiger charge is 2.20. The second-order valence-electron chi connectivity index (χ2n) is 10.1. The van der Waals surface area contributed by atoms with Crippen LogP contribution in [-0.2, 0) is 0 Å². The van der Waals surface area contributed by atoms with Crippen molar-refractivity contribution < 1.29 is 0 Å². The number of nitrogens with zero attached hydrogens (tertiary/aromatic N) is 5. The summed E-state index contributed by atoms with van der Waals surface area (Å²) in [5, 5.41) is 5.98. The second-order valence-corrected chi connectivity index (χ2v) is 10.1. The van der Waals surface area contributed by atoms with Crippen LogP contribution < -0.4 is 0 Å². The Morgan fingerprint density at radius 2 is 1.27 bits per heavy atom. The summed E-state index contributed by atoms with van der Waals surface area (Å²) in [4.78, 5) is 14.5. The normalized spacial score (nSPS) is 12.0. The van der Waals surface area contributed by atoms with Gasteiger partial charge in [-0.2, -0.15) is 0 Å². The third kappa shape index (κ3) is 2.83. The highest BCUT2D eigenvalue weighted by Crippen LogP contribution is 2.41. The molecule has 0 atom stereocenters. The Hall–Kier alpha value is -5.55. The first-order valence-corrected chi connectivity index (χ1v) is 13.4. The van der Waals surface area contributed by atoms with Crippen LogP contribution in [0.25, 0.3) is 77.2 Å². The molecule has 9 aromatic rings. The van der Waals surface area contributed by atoms with E-state index in [0.717, 1.165) is 55.7 Å². The topological polar surface area (TPSA) is 48.0 Å². The number of rotatable bonds is 2. The van der Waals surface area contributed by atoms with Gasteiger partial charge in [-0.15, -0.1) is 0 Å². The van der Waals surface area contributed by atoms with Crippen molar-refractivity contribution in [1.29, 1.82) is 0 Å². The molecule has 0 saturated heterocycles. The molecule has 0 aliphatic rings. The minimum atomic E-state index is 0.879. The van der Waals surface area contributed by atoms with Crippen LogP contribution in [-0.4, -0.2) is 23.9 Å². The molecule has 186 valence electrons. The first-order valence-electron chi connectivity index (χ1n) is 13.4. The Bertz CT molecular complexity index is 2430. The van der Waals surface area contributed by atoms with Crippen molar-refractivity contribution in [2.24, 2.45) is 0 Å². The van der Waals surface area contributed by atoms with Gasteiger partial charge in [0.2, 0.25) is 0 Å². The summed E-state index contributed by atoms with van der Waals surface area (Å²) in [5.74, 6) is 0.879. The average Bonchev–Trinajstić information content (AvgIpc) is 3.58. The van der Waals surface area contributed by atoms with Crippen molar-refractivity contribution in [1.82, 2.24) is 23.9 Å². The molecule has 0 amide bonds. The molecule has 5 heterocycles. The molecular formula is C35H21N5. The van der Waals surface area contributed by atoms with Gasteiger partial charge in [0.25, 0.3) is 0 Å². The van der Waals surface area contributed by atoms with E-state index in [1.54, 1.807) is 6.20 Å². The molecule has 0 bridgehead atoms. The molecule has 4 aromatic carbocycles. The summed E-state index contributed by atoms with van der Waals surface area (Å²) >= 11 is 0. The van der Waals surface area contributed by atoms with Crippen molar-refractivity contribution in [3.05, 3.63) is 128 Å². The number of aromatic nitrogens is 5. The maximum absolute atomic E-state index is 5.13. The van der Waals surface area contributed by atoms with Crippen LogP contribution in [0.5, 0.6) is 0 Å². The molecule has 0 radical (unpaired) electrons. The van der Waals surface area contributed by atoms with Crippen LogP contribution in [0.1, 0.15) is 0 Å². The predicted molar refractivity (Wildman–Crippen MR) is 163 cm³/mol. The number of hydrogen-bond acceptors (Lipinski definition) is 3. The number of fused-ring (bicyclic) bond motifs is 12. The smallest absolute Gasteiger partial charge is 0.146 e. The lowest BCUT2D eigenvalue weighted by atomic mass is 10.00. The van der Waals surface area contributed by atoms with E-state index in [1.807, 2.05) is 24.4 Å². The van der Waals surface area contributed by atoms with Crippen LogP contribution in [0, 0.1) is 0 Å². The summed E-state index contributed by atoms with van der Waals surface area (Å²) in [6.45, 7) is 0. The zero-order chi connectivity index (χ0) is 26.2. The van der Waals surface area contributed by atoms with E-state index < -0.39 is 0 Å². The van der Waals surface area contributed by atoms with Crippen molar-refractivity contribution in [3.63, 3.8) is 0 Å². The molecule has 0 aliphatic heterocycles. The van der Waals surface area contributed by atoms with Crippen LogP contribution in [0.3, 0.4) is 0 Å². The van der Waals surface area contributed by atoms with Gasteiger partial charge in [0, 0.05) is 44.9 Å². The van der Waals surface area contributed by atoms with Gasteiger partial charge in [0.15, 0.2) is 0 Å². The molecule has 0 saturated carbocycles. The molecule has 5 heteroatoms. The summed E-state index contributed by atoms with van der Waals surface area (Å²) in [6, 6.07) is 40.3. The number of benzene rings is 4. The fourth-order valence-corrected chi connectivity index (χ4v) is 6.33. The van der Waals surface area contributed by atoms with Gasteiger partial charge in [0.1, 0.15) is 11.5 Å². The largest absolute Gasteiger partial charge is 0.294 e. The maximum atomic E-state index is 5.13. The third-order valence-corrected chi connectivity index (χ3v) is 7.98. The Labute approximate surface area is 228 Å². The predicted octanol–water partition coefficient (Wildman–Crippen LogP) is 8.35. The monoisotopic (exact) mass is 511 g/mol. The fraction of sp³-hybridized carbons (Fsp3) is 0. The Morgan fingerprint density at radius 1 is 0.500 bits per heavy atom.